The van der Waals surface area contributed by atoms with Gasteiger partial charge in [0.15, 0.2) is 0 Å². The Labute approximate surface area is 76.1 Å². The molecular formula is C8H13NO4. The second-order valence-corrected chi connectivity index (χ2v) is 3.07. The summed E-state index contributed by atoms with van der Waals surface area (Å²) in [4.78, 5) is 25.2. The van der Waals surface area contributed by atoms with Crippen molar-refractivity contribution in [2.75, 3.05) is 0 Å². The second-order valence-electron chi connectivity index (χ2n) is 3.07. The Morgan fingerprint density at radius 1 is 1.08 bits per heavy atom. The third kappa shape index (κ3) is 3.02. The van der Waals surface area contributed by atoms with Crippen molar-refractivity contribution in [2.45, 2.75) is 38.2 Å². The first kappa shape index (κ1) is 9.98. The van der Waals surface area contributed by atoms with Crippen LogP contribution < -0.4 is 5.90 Å². The van der Waals surface area contributed by atoms with Crippen LogP contribution in [0, 0.1) is 0 Å². The van der Waals surface area contributed by atoms with Crippen molar-refractivity contribution in [3.8, 4) is 0 Å². The van der Waals surface area contributed by atoms with Crippen molar-refractivity contribution in [3.63, 3.8) is 0 Å². The van der Waals surface area contributed by atoms with Gasteiger partial charge in [-0.3, -0.25) is 0 Å². The molecule has 0 amide bonds. The van der Waals surface area contributed by atoms with Gasteiger partial charge in [0.25, 0.3) is 0 Å². The maximum absolute atomic E-state index is 10.9. The first-order chi connectivity index (χ1) is 6.24. The van der Waals surface area contributed by atoms with Crippen molar-refractivity contribution in [3.05, 3.63) is 0 Å². The molecule has 0 atom stereocenters. The molecule has 2 N–H and O–H groups in total. The van der Waals surface area contributed by atoms with E-state index >= 15 is 0 Å². The minimum absolute atomic E-state index is 0.139. The molecular weight excluding hydrogens is 174 g/mol. The van der Waals surface area contributed by atoms with E-state index in [0.717, 1.165) is 32.1 Å². The number of hydrogen-bond donors (Lipinski definition) is 1. The lowest BCUT2D eigenvalue weighted by atomic mass is 9.98. The molecule has 5 nitrogen and oxygen atoms in total. The van der Waals surface area contributed by atoms with Gasteiger partial charge in [-0.25, -0.2) is 9.59 Å². The van der Waals surface area contributed by atoms with Crippen molar-refractivity contribution >= 4 is 11.9 Å². The van der Waals surface area contributed by atoms with Crippen LogP contribution in [0.5, 0.6) is 0 Å². The van der Waals surface area contributed by atoms with Gasteiger partial charge >= 0.3 is 11.9 Å². The van der Waals surface area contributed by atoms with E-state index in [1.54, 1.807) is 0 Å². The summed E-state index contributed by atoms with van der Waals surface area (Å²) >= 11 is 0. The number of carbonyl (C=O) groups excluding carboxylic acids is 2. The Morgan fingerprint density at radius 2 is 1.69 bits per heavy atom. The van der Waals surface area contributed by atoms with E-state index in [9.17, 15) is 9.59 Å². The highest BCUT2D eigenvalue weighted by molar-refractivity contribution is 6.29. The van der Waals surface area contributed by atoms with Crippen molar-refractivity contribution < 1.29 is 19.2 Å². The lowest BCUT2D eigenvalue weighted by Crippen LogP contribution is -2.28. The molecule has 1 aliphatic rings. The van der Waals surface area contributed by atoms with E-state index in [4.69, 9.17) is 4.74 Å². The third-order valence-electron chi connectivity index (χ3n) is 2.10. The summed E-state index contributed by atoms with van der Waals surface area (Å²) in [6.45, 7) is 0. The van der Waals surface area contributed by atoms with Crippen molar-refractivity contribution in [1.29, 1.82) is 0 Å². The zero-order chi connectivity index (χ0) is 9.68. The Kier molecular flexibility index (Phi) is 3.70. The molecule has 0 saturated heterocycles. The molecule has 5 heteroatoms. The summed E-state index contributed by atoms with van der Waals surface area (Å²) in [6, 6.07) is 0. The Balaban J connectivity index is 2.30. The molecule has 0 unspecified atom stereocenters. The van der Waals surface area contributed by atoms with Gasteiger partial charge in [0, 0.05) is 0 Å². The molecule has 0 aromatic carbocycles. The Bertz CT molecular complexity index is 198. The van der Waals surface area contributed by atoms with E-state index in [-0.39, 0.29) is 6.10 Å². The SMILES string of the molecule is NOC(=O)C(=O)OC1CCCCC1. The van der Waals surface area contributed by atoms with Crippen LogP contribution in [0.1, 0.15) is 32.1 Å². The van der Waals surface area contributed by atoms with Crippen LogP contribution in [0.15, 0.2) is 0 Å². The number of rotatable bonds is 1. The maximum atomic E-state index is 10.9. The molecule has 1 rings (SSSR count). The highest BCUT2D eigenvalue weighted by atomic mass is 16.7. The molecule has 0 bridgehead atoms. The van der Waals surface area contributed by atoms with E-state index < -0.39 is 11.9 Å². The van der Waals surface area contributed by atoms with Crippen LogP contribution in [-0.2, 0) is 19.2 Å². The Hall–Kier alpha value is -1.10. The summed E-state index contributed by atoms with van der Waals surface area (Å²) in [5.74, 6) is 2.40. The van der Waals surface area contributed by atoms with Gasteiger partial charge in [0.2, 0.25) is 0 Å². The molecule has 1 aliphatic carbocycles. The standard InChI is InChI=1S/C8H13NO4/c9-13-8(11)7(10)12-6-4-2-1-3-5-6/h6H,1-5,9H2. The minimum atomic E-state index is -1.13. The van der Waals surface area contributed by atoms with E-state index in [1.165, 1.54) is 0 Å². The molecule has 13 heavy (non-hydrogen) atoms. The predicted octanol–water partition coefficient (Wildman–Crippen LogP) is 0.279. The van der Waals surface area contributed by atoms with E-state index in [1.807, 2.05) is 0 Å². The average molecular weight is 187 g/mol. The molecule has 0 radical (unpaired) electrons. The molecule has 0 spiro atoms. The van der Waals surface area contributed by atoms with Crippen LogP contribution in [-0.4, -0.2) is 18.0 Å². The summed E-state index contributed by atoms with van der Waals surface area (Å²) in [5, 5.41) is 0. The van der Waals surface area contributed by atoms with Crippen LogP contribution in [0.25, 0.3) is 0 Å². The quantitative estimate of drug-likeness (QED) is 0.362. The van der Waals surface area contributed by atoms with Crippen molar-refractivity contribution in [2.24, 2.45) is 5.90 Å². The number of esters is 1. The lowest BCUT2D eigenvalue weighted by Gasteiger charge is -2.20. The summed E-state index contributed by atoms with van der Waals surface area (Å²) in [7, 11) is 0. The van der Waals surface area contributed by atoms with Crippen molar-refractivity contribution in [1.82, 2.24) is 0 Å². The number of ether oxygens (including phenoxy) is 1. The maximum Gasteiger partial charge on any atom is 0.435 e. The largest absolute Gasteiger partial charge is 0.454 e. The normalized spacial score (nSPS) is 17.9. The number of nitrogens with two attached hydrogens (primary N) is 1. The lowest BCUT2D eigenvalue weighted by molar-refractivity contribution is -0.172. The predicted molar refractivity (Wildman–Crippen MR) is 43.2 cm³/mol. The second kappa shape index (κ2) is 4.81. The fourth-order valence-corrected chi connectivity index (χ4v) is 1.43. The van der Waals surface area contributed by atoms with Crippen LogP contribution in [0.3, 0.4) is 0 Å². The van der Waals surface area contributed by atoms with Gasteiger partial charge in [0.05, 0.1) is 0 Å². The third-order valence-corrected chi connectivity index (χ3v) is 2.10. The zero-order valence-electron chi connectivity index (χ0n) is 7.32. The van der Waals surface area contributed by atoms with Gasteiger partial charge in [-0.2, -0.15) is 5.90 Å². The van der Waals surface area contributed by atoms with Gasteiger partial charge in [-0.1, -0.05) is 6.42 Å². The average Bonchev–Trinajstić information content (AvgIpc) is 2.18. The zero-order valence-corrected chi connectivity index (χ0v) is 7.32. The van der Waals surface area contributed by atoms with E-state index in [2.05, 4.69) is 10.7 Å². The number of carbonyl (C=O) groups is 2. The molecule has 1 fully saturated rings. The number of hydrogen-bond acceptors (Lipinski definition) is 5. The summed E-state index contributed by atoms with van der Waals surface area (Å²) in [5.41, 5.74) is 0. The molecule has 0 heterocycles. The topological polar surface area (TPSA) is 78.6 Å². The highest BCUT2D eigenvalue weighted by Gasteiger charge is 2.23. The monoisotopic (exact) mass is 187 g/mol. The van der Waals surface area contributed by atoms with E-state index in [0.29, 0.717) is 0 Å². The van der Waals surface area contributed by atoms with Crippen LogP contribution >= 0.6 is 0 Å². The van der Waals surface area contributed by atoms with Gasteiger partial charge in [0.1, 0.15) is 6.10 Å². The van der Waals surface area contributed by atoms with Gasteiger partial charge in [-0.15, -0.1) is 0 Å². The highest BCUT2D eigenvalue weighted by Crippen LogP contribution is 2.20. The molecule has 0 aromatic heterocycles. The van der Waals surface area contributed by atoms with Gasteiger partial charge < -0.3 is 9.57 Å². The summed E-state index contributed by atoms with van der Waals surface area (Å²) in [6.07, 6.45) is 4.74. The molecule has 1 saturated carbocycles. The molecule has 0 aliphatic heterocycles. The fourth-order valence-electron chi connectivity index (χ4n) is 1.43. The Morgan fingerprint density at radius 3 is 2.23 bits per heavy atom. The van der Waals surface area contributed by atoms with Gasteiger partial charge in [-0.05, 0) is 25.7 Å². The summed E-state index contributed by atoms with van der Waals surface area (Å²) < 4.78 is 4.85. The molecule has 0 aromatic rings. The molecule has 74 valence electrons. The van der Waals surface area contributed by atoms with Crippen LogP contribution in [0.2, 0.25) is 0 Å². The first-order valence-electron chi connectivity index (χ1n) is 4.35. The van der Waals surface area contributed by atoms with Crippen LogP contribution in [0.4, 0.5) is 0 Å². The first-order valence-corrected chi connectivity index (χ1v) is 4.35. The fraction of sp³-hybridized carbons (Fsp3) is 0.750. The minimum Gasteiger partial charge on any atom is -0.454 e. The smallest absolute Gasteiger partial charge is 0.435 e.